The molecule has 0 aliphatic carbocycles. The van der Waals surface area contributed by atoms with E-state index in [1.54, 1.807) is 0 Å². The van der Waals surface area contributed by atoms with Crippen LogP contribution in [0.4, 0.5) is 79.6 Å². The fraction of sp³-hybridized carbons (Fsp3) is 0.684. The molecule has 0 bridgehead atoms. The van der Waals surface area contributed by atoms with Crippen molar-refractivity contribution in [1.82, 2.24) is 0 Å². The average molecular weight is 659 g/mol. The molecule has 0 radical (unpaired) electrons. The Labute approximate surface area is 220 Å². The Morgan fingerprint density at radius 2 is 1.02 bits per heavy atom. The predicted molar refractivity (Wildman–Crippen MR) is 104 cm³/mol. The summed E-state index contributed by atoms with van der Waals surface area (Å²) in [6.07, 6.45) is -8.81. The normalized spacial score (nSPS) is 14.9. The van der Waals surface area contributed by atoms with Crippen molar-refractivity contribution in [1.29, 1.82) is 0 Å². The van der Waals surface area contributed by atoms with Crippen LogP contribution in [0.15, 0.2) is 0 Å². The first-order chi connectivity index (χ1) is 17.8. The second-order valence-electron chi connectivity index (χ2n) is 8.41. The largest absolute Gasteiger partial charge is 0.460 e. The number of amides is 1. The van der Waals surface area contributed by atoms with E-state index in [4.69, 9.17) is 4.74 Å². The Morgan fingerprint density at radius 3 is 1.39 bits per heavy atom. The minimum Gasteiger partial charge on any atom is -0.459 e. The van der Waals surface area contributed by atoms with Crippen LogP contribution in [0.1, 0.15) is 34.6 Å². The monoisotopic (exact) mass is 659 g/mol. The summed E-state index contributed by atoms with van der Waals surface area (Å²) in [6, 6.07) is 0. The van der Waals surface area contributed by atoms with Crippen LogP contribution in [-0.2, 0) is 9.53 Å². The molecule has 1 amide bonds. The number of carbonyl (C=O) groups excluding carboxylic acids is 2. The van der Waals surface area contributed by atoms with Crippen LogP contribution in [-0.4, -0.2) is 65.6 Å². The summed E-state index contributed by atoms with van der Waals surface area (Å²) < 4.78 is 233. The Hall–Kier alpha value is -2.55. The van der Waals surface area contributed by atoms with Gasteiger partial charge in [0.25, 0.3) is 0 Å². The predicted octanol–water partition coefficient (Wildman–Crippen LogP) is 7.88. The molecule has 238 valence electrons. The van der Waals surface area contributed by atoms with E-state index >= 15 is 0 Å². The van der Waals surface area contributed by atoms with Crippen LogP contribution >= 0.6 is 11.3 Å². The van der Waals surface area contributed by atoms with Crippen LogP contribution in [0.25, 0.3) is 0 Å². The van der Waals surface area contributed by atoms with E-state index in [1.807, 2.05) is 0 Å². The molecule has 0 saturated carbocycles. The van der Waals surface area contributed by atoms with Gasteiger partial charge in [-0.1, -0.05) is 0 Å². The second-order valence-corrected chi connectivity index (χ2v) is 9.64. The van der Waals surface area contributed by atoms with Gasteiger partial charge in [0.2, 0.25) is 0 Å². The van der Waals surface area contributed by atoms with Gasteiger partial charge in [-0.3, -0.25) is 4.79 Å². The molecule has 0 unspecified atom stereocenters. The van der Waals surface area contributed by atoms with Crippen LogP contribution in [0.2, 0.25) is 0 Å². The molecule has 1 heterocycles. The maximum atomic E-state index is 14.2. The topological polar surface area (TPSA) is 55.4 Å². The van der Waals surface area contributed by atoms with Gasteiger partial charge in [0, 0.05) is 4.88 Å². The highest BCUT2D eigenvalue weighted by Crippen LogP contribution is 2.64. The van der Waals surface area contributed by atoms with Crippen molar-refractivity contribution in [3.8, 4) is 0 Å². The second kappa shape index (κ2) is 10.3. The molecule has 0 fully saturated rings. The van der Waals surface area contributed by atoms with Crippen LogP contribution < -0.4 is 5.32 Å². The van der Waals surface area contributed by atoms with E-state index < -0.39 is 76.2 Å². The number of rotatable bonds is 10. The number of thiophene rings is 1. The molecule has 0 atom stereocenters. The summed E-state index contributed by atoms with van der Waals surface area (Å²) >= 11 is 0.121. The third-order valence-corrected chi connectivity index (χ3v) is 6.29. The first-order valence-corrected chi connectivity index (χ1v) is 10.9. The summed E-state index contributed by atoms with van der Waals surface area (Å²) in [6.45, 7) is 4.68. The number of hydrogen-bond acceptors (Lipinski definition) is 4. The molecule has 0 spiro atoms. The van der Waals surface area contributed by atoms with Crippen molar-refractivity contribution in [2.45, 2.75) is 81.4 Å². The summed E-state index contributed by atoms with van der Waals surface area (Å²) in [5.74, 6) is -63.9. The minimum absolute atomic E-state index is 0.0459. The standard InChI is InChI=1S/C19H14F17NO3S/c1-5(2)40-10(38)8-6(3)7(4)41-9(8)37-11(39)12(20,21)13(22,23)14(24,25)15(26,27)16(28,29)17(30,31)18(32,33)19(34,35)36/h5H,1-4H3,(H,37,39). The number of nitrogens with one attached hydrogen (secondary N) is 1. The maximum absolute atomic E-state index is 14.2. The first kappa shape index (κ1) is 36.5. The van der Waals surface area contributed by atoms with Gasteiger partial charge in [-0.25, -0.2) is 4.79 Å². The maximum Gasteiger partial charge on any atom is 0.460 e. The van der Waals surface area contributed by atoms with E-state index in [-0.39, 0.29) is 21.8 Å². The van der Waals surface area contributed by atoms with E-state index in [2.05, 4.69) is 0 Å². The van der Waals surface area contributed by atoms with Crippen LogP contribution in [0, 0.1) is 13.8 Å². The highest BCUT2D eigenvalue weighted by atomic mass is 32.1. The van der Waals surface area contributed by atoms with Gasteiger partial charge in [-0.05, 0) is 33.3 Å². The lowest BCUT2D eigenvalue weighted by atomic mass is 9.89. The Kier molecular flexibility index (Phi) is 9.18. The average Bonchev–Trinajstić information content (AvgIpc) is 3.04. The van der Waals surface area contributed by atoms with Crippen molar-refractivity contribution < 1.29 is 89.0 Å². The van der Waals surface area contributed by atoms with Crippen LogP contribution in [0.5, 0.6) is 0 Å². The van der Waals surface area contributed by atoms with Crippen molar-refractivity contribution in [3.05, 3.63) is 16.0 Å². The third kappa shape index (κ3) is 5.28. The van der Waals surface area contributed by atoms with Gasteiger partial charge in [0.15, 0.2) is 0 Å². The number of carbonyl (C=O) groups is 2. The molecule has 1 aromatic heterocycles. The molecule has 1 N–H and O–H groups in total. The molecule has 22 heteroatoms. The third-order valence-electron chi connectivity index (χ3n) is 5.17. The van der Waals surface area contributed by atoms with Gasteiger partial charge in [-0.2, -0.15) is 74.6 Å². The molecule has 0 aromatic carbocycles. The fourth-order valence-electron chi connectivity index (χ4n) is 2.72. The zero-order chi connectivity index (χ0) is 33.2. The summed E-state index contributed by atoms with van der Waals surface area (Å²) in [4.78, 5) is 24.0. The van der Waals surface area contributed by atoms with Gasteiger partial charge in [-0.15, -0.1) is 11.3 Å². The number of aryl methyl sites for hydroxylation is 1. The number of ether oxygens (including phenoxy) is 1. The number of hydrogen-bond donors (Lipinski definition) is 1. The van der Waals surface area contributed by atoms with Gasteiger partial charge >= 0.3 is 59.5 Å². The molecular weight excluding hydrogens is 645 g/mol. The quantitative estimate of drug-likeness (QED) is 0.206. The minimum atomic E-state index is -8.81. The van der Waals surface area contributed by atoms with Crippen molar-refractivity contribution >= 4 is 28.2 Å². The van der Waals surface area contributed by atoms with Crippen molar-refractivity contribution in [3.63, 3.8) is 0 Å². The SMILES string of the molecule is Cc1sc(NC(=O)C(F)(F)C(F)(F)C(F)(F)C(F)(F)C(F)(F)C(F)(F)C(F)(F)C(F)(F)F)c(C(=O)OC(C)C)c1C. The van der Waals surface area contributed by atoms with Crippen molar-refractivity contribution in [2.24, 2.45) is 0 Å². The summed E-state index contributed by atoms with van der Waals surface area (Å²) in [5.41, 5.74) is -1.04. The van der Waals surface area contributed by atoms with E-state index in [1.165, 1.54) is 13.8 Å². The van der Waals surface area contributed by atoms with Gasteiger partial charge in [0.05, 0.1) is 11.7 Å². The Balaban J connectivity index is 3.65. The first-order valence-electron chi connectivity index (χ1n) is 10.1. The van der Waals surface area contributed by atoms with Gasteiger partial charge < -0.3 is 10.1 Å². The number of anilines is 1. The zero-order valence-electron chi connectivity index (χ0n) is 20.1. The Morgan fingerprint density at radius 1 is 0.659 bits per heavy atom. The number of alkyl halides is 17. The summed E-state index contributed by atoms with van der Waals surface area (Å²) in [5, 5.41) is -0.388. The van der Waals surface area contributed by atoms with Gasteiger partial charge in [0.1, 0.15) is 5.00 Å². The Bertz CT molecular complexity index is 1170. The number of esters is 1. The van der Waals surface area contributed by atoms with E-state index in [0.29, 0.717) is 0 Å². The highest BCUT2D eigenvalue weighted by Gasteiger charge is 2.95. The lowest BCUT2D eigenvalue weighted by Gasteiger charge is -2.42. The molecule has 1 rings (SSSR count). The van der Waals surface area contributed by atoms with Crippen molar-refractivity contribution in [2.75, 3.05) is 5.32 Å². The molecule has 0 aliphatic heterocycles. The lowest BCUT2D eigenvalue weighted by Crippen LogP contribution is -2.75. The fourth-order valence-corrected chi connectivity index (χ4v) is 3.77. The number of halogens is 17. The van der Waals surface area contributed by atoms with E-state index in [0.717, 1.165) is 19.2 Å². The lowest BCUT2D eigenvalue weighted by molar-refractivity contribution is -0.459. The smallest absolute Gasteiger partial charge is 0.459 e. The molecule has 1 aromatic rings. The zero-order valence-corrected chi connectivity index (χ0v) is 21.0. The molecular formula is C19H14F17NO3S. The summed E-state index contributed by atoms with van der Waals surface area (Å²) in [7, 11) is 0. The van der Waals surface area contributed by atoms with Crippen LogP contribution in [0.3, 0.4) is 0 Å². The molecule has 41 heavy (non-hydrogen) atoms. The molecule has 0 saturated heterocycles. The molecule has 4 nitrogen and oxygen atoms in total. The molecule has 0 aliphatic rings. The van der Waals surface area contributed by atoms with E-state index in [9.17, 15) is 84.2 Å². The highest BCUT2D eigenvalue weighted by molar-refractivity contribution is 7.16.